The van der Waals surface area contributed by atoms with E-state index >= 15 is 8.78 Å². The number of halogens is 4. The van der Waals surface area contributed by atoms with Gasteiger partial charge in [0.2, 0.25) is 0 Å². The van der Waals surface area contributed by atoms with Gasteiger partial charge in [-0.1, -0.05) is 101 Å². The van der Waals surface area contributed by atoms with E-state index in [1.807, 2.05) is 0 Å². The van der Waals surface area contributed by atoms with Gasteiger partial charge in [-0.3, -0.25) is 0 Å². The molecule has 3 aromatic rings. The molecule has 0 bridgehead atoms. The van der Waals surface area contributed by atoms with Crippen LogP contribution in [0.1, 0.15) is 102 Å². The summed E-state index contributed by atoms with van der Waals surface area (Å²) < 4.78 is 60.0. The van der Waals surface area contributed by atoms with Crippen LogP contribution in [0.3, 0.4) is 0 Å². The monoisotopic (exact) mass is 524 g/mol. The van der Waals surface area contributed by atoms with Gasteiger partial charge in [-0.05, 0) is 72.6 Å². The minimum atomic E-state index is -0.862. The summed E-state index contributed by atoms with van der Waals surface area (Å²) in [5.41, 5.74) is 2.23. The van der Waals surface area contributed by atoms with Gasteiger partial charge in [-0.15, -0.1) is 0 Å². The van der Waals surface area contributed by atoms with Crippen LogP contribution in [-0.4, -0.2) is 0 Å². The summed E-state index contributed by atoms with van der Waals surface area (Å²) in [6.07, 6.45) is 12.1. The van der Waals surface area contributed by atoms with E-state index in [2.05, 4.69) is 13.8 Å². The minimum Gasteiger partial charge on any atom is -0.203 e. The molecule has 0 amide bonds. The summed E-state index contributed by atoms with van der Waals surface area (Å²) in [6.45, 7) is 4.33. The molecule has 0 N–H and O–H groups in total. The fourth-order valence-electron chi connectivity index (χ4n) is 6.03. The molecule has 3 aromatic carbocycles. The zero-order valence-electron chi connectivity index (χ0n) is 22.8. The van der Waals surface area contributed by atoms with Crippen LogP contribution >= 0.6 is 0 Å². The highest BCUT2D eigenvalue weighted by Gasteiger charge is 2.26. The Kier molecular flexibility index (Phi) is 10.0. The Morgan fingerprint density at radius 1 is 0.579 bits per heavy atom. The van der Waals surface area contributed by atoms with Crippen LogP contribution in [0.15, 0.2) is 48.5 Å². The zero-order valence-corrected chi connectivity index (χ0v) is 22.8. The number of hydrogen-bond acceptors (Lipinski definition) is 0. The summed E-state index contributed by atoms with van der Waals surface area (Å²) >= 11 is 0. The average molecular weight is 525 g/mol. The number of benzene rings is 3. The average Bonchev–Trinajstić information content (AvgIpc) is 2.93. The molecule has 0 aromatic heterocycles. The van der Waals surface area contributed by atoms with Crippen molar-refractivity contribution in [1.82, 2.24) is 0 Å². The molecule has 0 heterocycles. The first-order chi connectivity index (χ1) is 18.4. The van der Waals surface area contributed by atoms with Gasteiger partial charge in [0.05, 0.1) is 0 Å². The molecule has 204 valence electrons. The lowest BCUT2D eigenvalue weighted by molar-refractivity contribution is 0.303. The maximum absolute atomic E-state index is 15.2. The zero-order chi connectivity index (χ0) is 27.1. The molecule has 1 fully saturated rings. The van der Waals surface area contributed by atoms with Gasteiger partial charge < -0.3 is 0 Å². The molecule has 1 aliphatic carbocycles. The second-order valence-electron chi connectivity index (χ2n) is 11.0. The second kappa shape index (κ2) is 13.4. The minimum absolute atomic E-state index is 0.0613. The third-order valence-electron chi connectivity index (χ3n) is 8.31. The Morgan fingerprint density at radius 2 is 1.16 bits per heavy atom. The summed E-state index contributed by atoms with van der Waals surface area (Å²) in [5.74, 6) is -2.50. The molecule has 0 nitrogen and oxygen atoms in total. The van der Waals surface area contributed by atoms with Crippen molar-refractivity contribution in [3.05, 3.63) is 82.9 Å². The smallest absolute Gasteiger partial charge is 0.166 e. The Bertz CT molecular complexity index is 1190. The maximum Gasteiger partial charge on any atom is 0.166 e. The van der Waals surface area contributed by atoms with Crippen molar-refractivity contribution in [3.63, 3.8) is 0 Å². The molecule has 1 aliphatic rings. The first-order valence-corrected chi connectivity index (χ1v) is 14.5. The van der Waals surface area contributed by atoms with Crippen LogP contribution in [0.4, 0.5) is 17.6 Å². The van der Waals surface area contributed by atoms with Crippen LogP contribution < -0.4 is 0 Å². The summed E-state index contributed by atoms with van der Waals surface area (Å²) in [5, 5.41) is 0. The van der Waals surface area contributed by atoms with E-state index in [0.717, 1.165) is 64.2 Å². The molecular formula is C34H40F4. The van der Waals surface area contributed by atoms with E-state index < -0.39 is 23.3 Å². The van der Waals surface area contributed by atoms with Crippen molar-refractivity contribution in [2.75, 3.05) is 0 Å². The highest BCUT2D eigenvalue weighted by Crippen LogP contribution is 2.40. The molecule has 0 spiro atoms. The maximum atomic E-state index is 15.2. The predicted molar refractivity (Wildman–Crippen MR) is 149 cm³/mol. The van der Waals surface area contributed by atoms with Gasteiger partial charge >= 0.3 is 0 Å². The normalized spacial score (nSPS) is 17.6. The van der Waals surface area contributed by atoms with Crippen molar-refractivity contribution in [2.24, 2.45) is 5.92 Å². The fraction of sp³-hybridized carbons (Fsp3) is 0.471. The van der Waals surface area contributed by atoms with E-state index in [1.165, 1.54) is 6.42 Å². The van der Waals surface area contributed by atoms with Crippen molar-refractivity contribution in [2.45, 2.75) is 96.8 Å². The predicted octanol–water partition coefficient (Wildman–Crippen LogP) is 11.2. The summed E-state index contributed by atoms with van der Waals surface area (Å²) in [7, 11) is 0. The van der Waals surface area contributed by atoms with E-state index in [9.17, 15) is 8.78 Å². The summed E-state index contributed by atoms with van der Waals surface area (Å²) in [6, 6.07) is 13.2. The molecular weight excluding hydrogens is 484 g/mol. The molecule has 0 atom stereocenters. The van der Waals surface area contributed by atoms with Gasteiger partial charge in [0, 0.05) is 11.1 Å². The van der Waals surface area contributed by atoms with Crippen molar-refractivity contribution >= 4 is 0 Å². The number of unbranched alkanes of at least 4 members (excludes halogenated alkanes) is 4. The number of aryl methyl sites for hydroxylation is 1. The van der Waals surface area contributed by atoms with Crippen molar-refractivity contribution < 1.29 is 17.6 Å². The van der Waals surface area contributed by atoms with Gasteiger partial charge in [0.15, 0.2) is 23.3 Å². The molecule has 0 aliphatic heterocycles. The molecule has 0 saturated heterocycles. The lowest BCUT2D eigenvalue weighted by Crippen LogP contribution is -2.14. The largest absolute Gasteiger partial charge is 0.203 e. The Morgan fingerprint density at radius 3 is 1.76 bits per heavy atom. The van der Waals surface area contributed by atoms with Crippen LogP contribution in [0.2, 0.25) is 0 Å². The number of hydrogen-bond donors (Lipinski definition) is 0. The summed E-state index contributed by atoms with van der Waals surface area (Å²) in [4.78, 5) is 0. The second-order valence-corrected chi connectivity index (χ2v) is 11.0. The third kappa shape index (κ3) is 6.50. The highest BCUT2D eigenvalue weighted by atomic mass is 19.2. The quantitative estimate of drug-likeness (QED) is 0.173. The van der Waals surface area contributed by atoms with E-state index in [0.29, 0.717) is 34.6 Å². The Balaban J connectivity index is 1.47. The van der Waals surface area contributed by atoms with Gasteiger partial charge in [0.25, 0.3) is 0 Å². The standard InChI is InChI=1S/C34H40F4/c1-3-5-6-7-8-10-27-19-20-28(32(36)31(27)35)25-15-17-26(18-16-25)30-22-21-29(33(37)34(30)38)24-13-11-23(9-4-2)12-14-24/h15-24H,3-14H2,1-2H3. The Hall–Kier alpha value is -2.62. The van der Waals surface area contributed by atoms with Crippen LogP contribution in [0.25, 0.3) is 22.3 Å². The fourth-order valence-corrected chi connectivity index (χ4v) is 6.03. The van der Waals surface area contributed by atoms with Crippen LogP contribution in [0.5, 0.6) is 0 Å². The molecule has 38 heavy (non-hydrogen) atoms. The first kappa shape index (κ1) is 28.4. The first-order valence-electron chi connectivity index (χ1n) is 14.5. The lowest BCUT2D eigenvalue weighted by Gasteiger charge is -2.29. The van der Waals surface area contributed by atoms with Gasteiger partial charge in [-0.2, -0.15) is 0 Å². The SMILES string of the molecule is CCCCCCCc1ccc(-c2ccc(-c3ccc(C4CCC(CCC)CC4)c(F)c3F)cc2)c(F)c1F. The molecule has 4 rings (SSSR count). The Labute approximate surface area is 225 Å². The number of rotatable bonds is 11. The topological polar surface area (TPSA) is 0 Å². The molecule has 0 radical (unpaired) electrons. The molecule has 4 heteroatoms. The third-order valence-corrected chi connectivity index (χ3v) is 8.31. The van der Waals surface area contributed by atoms with E-state index in [-0.39, 0.29) is 17.0 Å². The van der Waals surface area contributed by atoms with Crippen LogP contribution in [-0.2, 0) is 6.42 Å². The van der Waals surface area contributed by atoms with Crippen molar-refractivity contribution in [3.8, 4) is 22.3 Å². The lowest BCUT2D eigenvalue weighted by atomic mass is 9.77. The van der Waals surface area contributed by atoms with E-state index in [1.54, 1.807) is 48.5 Å². The van der Waals surface area contributed by atoms with E-state index in [4.69, 9.17) is 0 Å². The van der Waals surface area contributed by atoms with Crippen molar-refractivity contribution in [1.29, 1.82) is 0 Å². The highest BCUT2D eigenvalue weighted by molar-refractivity contribution is 5.71. The molecule has 0 unspecified atom stereocenters. The van der Waals surface area contributed by atoms with Crippen LogP contribution in [0, 0.1) is 29.2 Å². The van der Waals surface area contributed by atoms with Gasteiger partial charge in [-0.25, -0.2) is 17.6 Å². The molecule has 1 saturated carbocycles. The van der Waals surface area contributed by atoms with Gasteiger partial charge in [0.1, 0.15) is 0 Å².